The number of carbonyl (C=O) groups is 1. The molecule has 0 aliphatic rings. The molecule has 4 aromatic rings. The molecule has 2 N–H and O–H groups in total. The number of nitrogens with zero attached hydrogens (tertiary/aromatic N) is 1. The quantitative estimate of drug-likeness (QED) is 0.365. The third kappa shape index (κ3) is 5.56. The van der Waals surface area contributed by atoms with Crippen LogP contribution in [0.5, 0.6) is 5.75 Å². The van der Waals surface area contributed by atoms with Crippen LogP contribution in [0.3, 0.4) is 0 Å². The number of halogens is 4. The van der Waals surface area contributed by atoms with Crippen molar-refractivity contribution in [2.24, 2.45) is 0 Å². The molecule has 2 aromatic heterocycles. The van der Waals surface area contributed by atoms with Crippen LogP contribution >= 0.6 is 23.2 Å². The Morgan fingerprint density at radius 3 is 2.44 bits per heavy atom. The first kappa shape index (κ1) is 26.5. The average Bonchev–Trinajstić information content (AvgIpc) is 3.09. The van der Waals surface area contributed by atoms with Crippen molar-refractivity contribution in [1.82, 2.24) is 4.98 Å². The van der Waals surface area contributed by atoms with Crippen LogP contribution in [-0.2, 0) is 10.0 Å². The van der Waals surface area contributed by atoms with E-state index in [1.165, 1.54) is 36.7 Å². The first-order valence-corrected chi connectivity index (χ1v) is 11.7. The van der Waals surface area contributed by atoms with Gasteiger partial charge in [-0.3, -0.25) is 14.5 Å². The number of furan rings is 1. The summed E-state index contributed by atoms with van der Waals surface area (Å²) < 4.78 is 61.7. The molecule has 0 radical (unpaired) electrons. The van der Waals surface area contributed by atoms with Crippen molar-refractivity contribution in [3.05, 3.63) is 58.3 Å². The third-order valence-electron chi connectivity index (χ3n) is 4.44. The molecule has 2 heterocycles. The number of sulfonamides is 1. The van der Waals surface area contributed by atoms with E-state index in [4.69, 9.17) is 27.6 Å². The number of aromatic nitrogens is 1. The van der Waals surface area contributed by atoms with Crippen LogP contribution in [0.25, 0.3) is 21.9 Å². The van der Waals surface area contributed by atoms with Gasteiger partial charge < -0.3 is 14.5 Å². The molecule has 4 rings (SSSR count). The van der Waals surface area contributed by atoms with Crippen molar-refractivity contribution in [2.45, 2.75) is 6.61 Å². The fourth-order valence-corrected chi connectivity index (χ4v) is 4.24. The number of ether oxygens (including phenoxy) is 1. The smallest absolute Gasteiger partial charge is 0.452 e. The van der Waals surface area contributed by atoms with E-state index in [0.717, 1.165) is 12.3 Å². The van der Waals surface area contributed by atoms with Gasteiger partial charge in [-0.25, -0.2) is 8.42 Å². The van der Waals surface area contributed by atoms with Gasteiger partial charge in [0.15, 0.2) is 11.3 Å². The van der Waals surface area contributed by atoms with Crippen molar-refractivity contribution < 1.29 is 60.7 Å². The zero-order chi connectivity index (χ0) is 23.9. The molecule has 34 heavy (non-hydrogen) atoms. The maximum Gasteiger partial charge on any atom is 1.00 e. The summed E-state index contributed by atoms with van der Waals surface area (Å²) in [6.07, 6.45) is 3.55. The van der Waals surface area contributed by atoms with E-state index in [2.05, 4.69) is 19.8 Å². The van der Waals surface area contributed by atoms with Gasteiger partial charge in [-0.2, -0.15) is 8.78 Å². The van der Waals surface area contributed by atoms with Crippen LogP contribution in [0.1, 0.15) is 10.4 Å². The van der Waals surface area contributed by atoms with E-state index in [-0.39, 0.29) is 84.2 Å². The van der Waals surface area contributed by atoms with Gasteiger partial charge in [0.25, 0.3) is 5.91 Å². The van der Waals surface area contributed by atoms with Gasteiger partial charge in [-0.15, -0.1) is 0 Å². The fourth-order valence-electron chi connectivity index (χ4n) is 3.22. The third-order valence-corrected chi connectivity index (χ3v) is 5.62. The number of benzene rings is 2. The number of hydrogen-bond acceptors (Lipinski definition) is 6. The summed E-state index contributed by atoms with van der Waals surface area (Å²) >= 11 is 12.1. The number of fused-ring (bicyclic) bond motifs is 3. The molecule has 0 aliphatic carbocycles. The molecule has 0 spiro atoms. The first-order valence-electron chi connectivity index (χ1n) is 9.05. The Labute approximate surface area is 223 Å². The minimum Gasteiger partial charge on any atom is -0.452 e. The van der Waals surface area contributed by atoms with Crippen molar-refractivity contribution >= 4 is 72.4 Å². The van der Waals surface area contributed by atoms with Crippen LogP contribution in [0.4, 0.5) is 20.2 Å². The van der Waals surface area contributed by atoms with Gasteiger partial charge in [0, 0.05) is 28.9 Å². The first-order chi connectivity index (χ1) is 15.5. The number of anilines is 2. The second-order valence-corrected chi connectivity index (χ2v) is 9.38. The Hall–Kier alpha value is -2.15. The molecule has 172 valence electrons. The van der Waals surface area contributed by atoms with Crippen molar-refractivity contribution in [2.75, 3.05) is 16.3 Å². The predicted octanol–water partition coefficient (Wildman–Crippen LogP) is 2.52. The molecule has 0 aliphatic heterocycles. The predicted molar refractivity (Wildman–Crippen MR) is 121 cm³/mol. The summed E-state index contributed by atoms with van der Waals surface area (Å²) in [5, 5.41) is 3.15. The summed E-state index contributed by atoms with van der Waals surface area (Å²) in [7, 11) is -3.60. The number of alkyl halides is 2. The van der Waals surface area contributed by atoms with E-state index in [1.54, 1.807) is 0 Å². The molecule has 8 nitrogen and oxygen atoms in total. The molecule has 2 aromatic carbocycles. The monoisotopic (exact) mass is 538 g/mol. The van der Waals surface area contributed by atoms with Crippen molar-refractivity contribution in [3.63, 3.8) is 0 Å². The average molecular weight is 539 g/mol. The van der Waals surface area contributed by atoms with E-state index in [1.807, 2.05) is 0 Å². The summed E-state index contributed by atoms with van der Waals surface area (Å²) in [4.78, 5) is 16.9. The summed E-state index contributed by atoms with van der Waals surface area (Å²) in [6.45, 7) is -3.14. The fraction of sp³-hybridized carbons (Fsp3) is 0.100. The van der Waals surface area contributed by atoms with E-state index < -0.39 is 22.5 Å². The molecular weight excluding hydrogens is 526 g/mol. The number of rotatable bonds is 6. The molecule has 1 amide bonds. The van der Waals surface area contributed by atoms with Gasteiger partial charge in [0.1, 0.15) is 5.58 Å². The molecule has 14 heteroatoms. The molecule has 0 fully saturated rings. The largest absolute Gasteiger partial charge is 1.00 e. The van der Waals surface area contributed by atoms with Crippen LogP contribution in [0, 0.1) is 0 Å². The molecular formula is C20H13Cl2F2N3NaO5S+. The number of pyridine rings is 1. The number of carbonyl (C=O) groups excluding carboxylic acids is 1. The molecule has 0 bridgehead atoms. The van der Waals surface area contributed by atoms with Crippen LogP contribution < -0.4 is 44.3 Å². The summed E-state index contributed by atoms with van der Waals surface area (Å²) in [6, 6.07) is 6.71. The van der Waals surface area contributed by atoms with Gasteiger partial charge in [-0.1, -0.05) is 23.2 Å². The van der Waals surface area contributed by atoms with Gasteiger partial charge in [0.05, 0.1) is 27.6 Å². The Morgan fingerprint density at radius 2 is 1.82 bits per heavy atom. The number of hydrogen-bond donors (Lipinski definition) is 2. The Balaban J connectivity index is 0.00000324. The maximum absolute atomic E-state index is 13.1. The zero-order valence-corrected chi connectivity index (χ0v) is 21.9. The standard InChI is InChI=1S/C20H13Cl2F2N3O5S.Na/c1-33(29,30)27-9-2-4-14-11(6-9)16-10(3-5-15(18(16)31-14)32-20(23)24)19(28)26-17-12(21)7-25-8-13(17)22;/h2-8,20,27H,1H3,(H,25,26,28);/q;+1. The van der Waals surface area contributed by atoms with Crippen molar-refractivity contribution in [1.29, 1.82) is 0 Å². The van der Waals surface area contributed by atoms with Crippen LogP contribution in [-0.4, -0.2) is 32.2 Å². The molecule has 0 saturated heterocycles. The molecule has 0 unspecified atom stereocenters. The minimum atomic E-state index is -3.60. The van der Waals surface area contributed by atoms with E-state index >= 15 is 0 Å². The SMILES string of the molecule is CS(=O)(=O)Nc1ccc2oc3c(OC(F)F)ccc(C(=O)Nc4c(Cl)cncc4Cl)c3c2c1.[Na+]. The van der Waals surface area contributed by atoms with Gasteiger partial charge >= 0.3 is 36.2 Å². The second kappa shape index (κ2) is 10.2. The maximum atomic E-state index is 13.1. The molecule has 0 atom stereocenters. The topological polar surface area (TPSA) is 111 Å². The van der Waals surface area contributed by atoms with E-state index in [0.29, 0.717) is 0 Å². The van der Waals surface area contributed by atoms with Crippen molar-refractivity contribution in [3.8, 4) is 5.75 Å². The van der Waals surface area contributed by atoms with E-state index in [9.17, 15) is 22.0 Å². The Morgan fingerprint density at radius 1 is 1.15 bits per heavy atom. The minimum absolute atomic E-state index is 0. The van der Waals surface area contributed by atoms with Gasteiger partial charge in [-0.05, 0) is 30.3 Å². The van der Waals surface area contributed by atoms with Crippen LogP contribution in [0.15, 0.2) is 47.1 Å². The zero-order valence-electron chi connectivity index (χ0n) is 17.5. The number of amides is 1. The second-order valence-electron chi connectivity index (χ2n) is 6.81. The van der Waals surface area contributed by atoms with Gasteiger partial charge in [0.2, 0.25) is 10.0 Å². The Kier molecular flexibility index (Phi) is 7.96. The summed E-state index contributed by atoms with van der Waals surface area (Å²) in [5.74, 6) is -0.979. The molecule has 0 saturated carbocycles. The Bertz CT molecular complexity index is 1500. The van der Waals surface area contributed by atoms with Crippen LogP contribution in [0.2, 0.25) is 10.0 Å². The number of nitrogens with one attached hydrogen (secondary N) is 2. The summed E-state index contributed by atoms with van der Waals surface area (Å²) in [5.41, 5.74) is 0.390. The normalized spacial score (nSPS) is 11.5.